The Balaban J connectivity index is 0.00000169. The van der Waals surface area contributed by atoms with Crippen LogP contribution in [-0.2, 0) is 0 Å². The fourth-order valence-corrected chi connectivity index (χ4v) is 1.70. The Hall–Kier alpha value is -0.310. The molecule has 0 saturated heterocycles. The molecule has 0 saturated carbocycles. The van der Waals surface area contributed by atoms with Crippen LogP contribution in [0.5, 0.6) is 0 Å². The van der Waals surface area contributed by atoms with Gasteiger partial charge in [0.2, 0.25) is 0 Å². The molecule has 0 radical (unpaired) electrons. The summed E-state index contributed by atoms with van der Waals surface area (Å²) in [4.78, 5) is 0. The molecule has 3 heteroatoms. The van der Waals surface area contributed by atoms with Gasteiger partial charge in [-0.25, -0.2) is 0 Å². The first kappa shape index (κ1) is 13.7. The van der Waals surface area contributed by atoms with Crippen molar-refractivity contribution in [2.24, 2.45) is 5.73 Å². The molecule has 0 aliphatic rings. The van der Waals surface area contributed by atoms with Crippen molar-refractivity contribution < 1.29 is 0 Å². The molecular formula is C11H15BrClN. The highest BCUT2D eigenvalue weighted by molar-refractivity contribution is 9.10. The van der Waals surface area contributed by atoms with Gasteiger partial charge in [0.15, 0.2) is 0 Å². The summed E-state index contributed by atoms with van der Waals surface area (Å²) in [5, 5.41) is 0. The second kappa shape index (κ2) is 6.23. The lowest BCUT2D eigenvalue weighted by Crippen LogP contribution is -2.10. The van der Waals surface area contributed by atoms with E-state index in [9.17, 15) is 0 Å². The van der Waals surface area contributed by atoms with Crippen LogP contribution in [0.25, 0.3) is 0 Å². The number of benzene rings is 1. The molecule has 78 valence electrons. The van der Waals surface area contributed by atoms with Crippen LogP contribution in [0.2, 0.25) is 0 Å². The van der Waals surface area contributed by atoms with Gasteiger partial charge >= 0.3 is 0 Å². The van der Waals surface area contributed by atoms with Crippen LogP contribution >= 0.6 is 28.3 Å². The third-order valence-corrected chi connectivity index (χ3v) is 2.55. The van der Waals surface area contributed by atoms with E-state index < -0.39 is 0 Å². The van der Waals surface area contributed by atoms with Gasteiger partial charge in [-0.1, -0.05) is 28.1 Å². The van der Waals surface area contributed by atoms with Gasteiger partial charge in [0, 0.05) is 10.5 Å². The minimum atomic E-state index is 0. The number of nitrogens with two attached hydrogens (primary N) is 1. The first-order chi connectivity index (χ1) is 6.15. The van der Waals surface area contributed by atoms with Gasteiger partial charge in [-0.15, -0.1) is 19.0 Å². The summed E-state index contributed by atoms with van der Waals surface area (Å²) in [6.45, 7) is 5.76. The maximum atomic E-state index is 5.98. The van der Waals surface area contributed by atoms with E-state index in [1.54, 1.807) is 0 Å². The minimum absolute atomic E-state index is 0. The lowest BCUT2D eigenvalue weighted by molar-refractivity contribution is 0.735. The van der Waals surface area contributed by atoms with E-state index >= 15 is 0 Å². The highest BCUT2D eigenvalue weighted by Crippen LogP contribution is 2.22. The standard InChI is InChI=1S/C11H14BrN.ClH/c1-3-4-11(13)10-7-9(12)6-5-8(10)2;/h3,5-7,11H,1,4,13H2,2H3;1H/t11-;/m0./s1. The summed E-state index contributed by atoms with van der Waals surface area (Å²) in [7, 11) is 0. The second-order valence-corrected chi connectivity index (χ2v) is 4.05. The molecule has 0 bridgehead atoms. The highest BCUT2D eigenvalue weighted by atomic mass is 79.9. The van der Waals surface area contributed by atoms with Crippen molar-refractivity contribution in [2.75, 3.05) is 0 Å². The molecule has 1 nitrogen and oxygen atoms in total. The van der Waals surface area contributed by atoms with Crippen LogP contribution in [0.3, 0.4) is 0 Å². The summed E-state index contributed by atoms with van der Waals surface area (Å²) < 4.78 is 1.08. The smallest absolute Gasteiger partial charge is 0.0332 e. The monoisotopic (exact) mass is 275 g/mol. The van der Waals surface area contributed by atoms with Gasteiger partial charge in [-0.3, -0.25) is 0 Å². The Morgan fingerprint density at radius 3 is 2.79 bits per heavy atom. The Morgan fingerprint density at radius 2 is 2.21 bits per heavy atom. The third kappa shape index (κ3) is 3.45. The molecule has 1 aromatic rings. The Morgan fingerprint density at radius 1 is 1.57 bits per heavy atom. The van der Waals surface area contributed by atoms with E-state index in [2.05, 4.69) is 41.6 Å². The number of aryl methyl sites for hydroxylation is 1. The van der Waals surface area contributed by atoms with Crippen molar-refractivity contribution >= 4 is 28.3 Å². The molecule has 0 aromatic heterocycles. The normalized spacial score (nSPS) is 11.6. The molecule has 0 fully saturated rings. The van der Waals surface area contributed by atoms with Gasteiger partial charge in [-0.2, -0.15) is 0 Å². The quantitative estimate of drug-likeness (QED) is 0.836. The van der Waals surface area contributed by atoms with Crippen molar-refractivity contribution in [3.8, 4) is 0 Å². The van der Waals surface area contributed by atoms with Gasteiger partial charge in [0.05, 0.1) is 0 Å². The summed E-state index contributed by atoms with van der Waals surface area (Å²) in [5.41, 5.74) is 8.41. The summed E-state index contributed by atoms with van der Waals surface area (Å²) in [5.74, 6) is 0. The molecule has 0 aliphatic heterocycles. The van der Waals surface area contributed by atoms with Crippen LogP contribution in [0, 0.1) is 6.92 Å². The van der Waals surface area contributed by atoms with Crippen LogP contribution in [0.15, 0.2) is 35.3 Å². The number of rotatable bonds is 3. The van der Waals surface area contributed by atoms with E-state index in [1.165, 1.54) is 11.1 Å². The molecule has 2 N–H and O–H groups in total. The lowest BCUT2D eigenvalue weighted by Gasteiger charge is -2.12. The second-order valence-electron chi connectivity index (χ2n) is 3.13. The summed E-state index contributed by atoms with van der Waals surface area (Å²) in [6.07, 6.45) is 2.67. The molecular weight excluding hydrogens is 261 g/mol. The van der Waals surface area contributed by atoms with Gasteiger partial charge < -0.3 is 5.73 Å². The van der Waals surface area contributed by atoms with E-state index in [-0.39, 0.29) is 18.4 Å². The van der Waals surface area contributed by atoms with Gasteiger partial charge in [0.25, 0.3) is 0 Å². The average molecular weight is 277 g/mol. The molecule has 14 heavy (non-hydrogen) atoms. The van der Waals surface area contributed by atoms with E-state index in [1.807, 2.05) is 12.1 Å². The zero-order chi connectivity index (χ0) is 9.84. The van der Waals surface area contributed by atoms with Crippen LogP contribution in [0.1, 0.15) is 23.6 Å². The summed E-state index contributed by atoms with van der Waals surface area (Å²) in [6, 6.07) is 6.24. The van der Waals surface area contributed by atoms with Crippen LogP contribution in [0.4, 0.5) is 0 Å². The molecule has 0 heterocycles. The lowest BCUT2D eigenvalue weighted by atomic mass is 10.00. The van der Waals surface area contributed by atoms with Crippen molar-refractivity contribution in [3.05, 3.63) is 46.5 Å². The molecule has 1 atom stereocenters. The number of halogens is 2. The zero-order valence-electron chi connectivity index (χ0n) is 8.16. The minimum Gasteiger partial charge on any atom is -0.324 e. The van der Waals surface area contributed by atoms with Gasteiger partial charge in [0.1, 0.15) is 0 Å². The molecule has 0 unspecified atom stereocenters. The van der Waals surface area contributed by atoms with Crippen molar-refractivity contribution in [1.82, 2.24) is 0 Å². The largest absolute Gasteiger partial charge is 0.324 e. The maximum absolute atomic E-state index is 5.98. The fraction of sp³-hybridized carbons (Fsp3) is 0.273. The highest BCUT2D eigenvalue weighted by Gasteiger charge is 2.06. The van der Waals surface area contributed by atoms with Crippen molar-refractivity contribution in [1.29, 1.82) is 0 Å². The maximum Gasteiger partial charge on any atom is 0.0332 e. The Kier molecular flexibility index (Phi) is 6.09. The van der Waals surface area contributed by atoms with Gasteiger partial charge in [-0.05, 0) is 36.6 Å². The SMILES string of the molecule is C=CC[C@H](N)c1cc(Br)ccc1C.Cl. The number of hydrogen-bond donors (Lipinski definition) is 1. The number of hydrogen-bond acceptors (Lipinski definition) is 1. The van der Waals surface area contributed by atoms with E-state index in [4.69, 9.17) is 5.73 Å². The van der Waals surface area contributed by atoms with E-state index in [0.29, 0.717) is 0 Å². The Bertz CT molecular complexity index is 312. The third-order valence-electron chi connectivity index (χ3n) is 2.06. The van der Waals surface area contributed by atoms with Crippen molar-refractivity contribution in [2.45, 2.75) is 19.4 Å². The molecule has 0 spiro atoms. The summed E-state index contributed by atoms with van der Waals surface area (Å²) >= 11 is 3.43. The first-order valence-corrected chi connectivity index (χ1v) is 5.07. The molecule has 1 rings (SSSR count). The van der Waals surface area contributed by atoms with E-state index in [0.717, 1.165) is 10.9 Å². The first-order valence-electron chi connectivity index (χ1n) is 4.27. The fourth-order valence-electron chi connectivity index (χ4n) is 1.32. The van der Waals surface area contributed by atoms with Crippen LogP contribution < -0.4 is 5.73 Å². The van der Waals surface area contributed by atoms with Crippen LogP contribution in [-0.4, -0.2) is 0 Å². The predicted molar refractivity (Wildman–Crippen MR) is 67.9 cm³/mol. The predicted octanol–water partition coefficient (Wildman–Crippen LogP) is 3.76. The topological polar surface area (TPSA) is 26.0 Å². The molecule has 0 aliphatic carbocycles. The average Bonchev–Trinajstić information content (AvgIpc) is 2.09. The molecule has 1 aromatic carbocycles. The van der Waals surface area contributed by atoms with Crippen molar-refractivity contribution in [3.63, 3.8) is 0 Å². The Labute approximate surface area is 99.9 Å². The molecule has 0 amide bonds. The zero-order valence-corrected chi connectivity index (χ0v) is 10.6.